The van der Waals surface area contributed by atoms with Crippen molar-refractivity contribution < 1.29 is 0 Å². The largest absolute Gasteiger partial charge is 0.197 e. The van der Waals surface area contributed by atoms with Gasteiger partial charge in [0.2, 0.25) is 0 Å². The molecule has 0 N–H and O–H groups in total. The number of hydrogen-bond acceptors (Lipinski definition) is 2. The highest BCUT2D eigenvalue weighted by molar-refractivity contribution is 6.30. The average molecular weight is 259 g/mol. The molecule has 0 spiro atoms. The molecule has 1 aromatic rings. The quantitative estimate of drug-likeness (QED) is 0.733. The molecule has 0 saturated heterocycles. The Balaban J connectivity index is 3.07. The van der Waals surface area contributed by atoms with Crippen molar-refractivity contribution in [2.75, 3.05) is 0 Å². The molecule has 18 heavy (non-hydrogen) atoms. The average Bonchev–Trinajstić information content (AvgIpc) is 2.41. The standard InChI is InChI=1S/C15H15ClN2/c1-3-4-9-15(10-17,11-18)12(2)13-5-7-14(16)8-6-13/h3,5-8,12H,1,4,9H2,2H3. The van der Waals surface area contributed by atoms with Crippen molar-refractivity contribution in [2.24, 2.45) is 5.41 Å². The van der Waals surface area contributed by atoms with E-state index in [2.05, 4.69) is 18.7 Å². The third-order valence-electron chi connectivity index (χ3n) is 3.25. The summed E-state index contributed by atoms with van der Waals surface area (Å²) in [4.78, 5) is 0. The number of nitrogens with zero attached hydrogens (tertiary/aromatic N) is 2. The van der Waals surface area contributed by atoms with Crippen molar-refractivity contribution in [3.05, 3.63) is 47.5 Å². The van der Waals surface area contributed by atoms with Crippen molar-refractivity contribution in [2.45, 2.75) is 25.7 Å². The number of rotatable bonds is 5. The van der Waals surface area contributed by atoms with Crippen LogP contribution in [0.2, 0.25) is 5.02 Å². The Morgan fingerprint density at radius 2 is 1.89 bits per heavy atom. The molecule has 0 heterocycles. The van der Waals surface area contributed by atoms with Crippen LogP contribution < -0.4 is 0 Å². The van der Waals surface area contributed by atoms with Crippen LogP contribution in [0.25, 0.3) is 0 Å². The highest BCUT2D eigenvalue weighted by Gasteiger charge is 2.36. The molecule has 0 amide bonds. The second-order valence-electron chi connectivity index (χ2n) is 4.30. The van der Waals surface area contributed by atoms with Crippen LogP contribution in [0.3, 0.4) is 0 Å². The fourth-order valence-electron chi connectivity index (χ4n) is 1.91. The maximum Gasteiger partial charge on any atom is 0.150 e. The summed E-state index contributed by atoms with van der Waals surface area (Å²) in [6.07, 6.45) is 2.88. The number of allylic oxidation sites excluding steroid dienone is 1. The summed E-state index contributed by atoms with van der Waals surface area (Å²) < 4.78 is 0. The van der Waals surface area contributed by atoms with E-state index in [-0.39, 0.29) is 5.92 Å². The van der Waals surface area contributed by atoms with Gasteiger partial charge in [-0.05, 0) is 30.5 Å². The minimum absolute atomic E-state index is 0.162. The third-order valence-corrected chi connectivity index (χ3v) is 3.50. The Labute approximate surface area is 113 Å². The molecule has 1 rings (SSSR count). The molecule has 0 aliphatic carbocycles. The van der Waals surface area contributed by atoms with Gasteiger partial charge in [-0.1, -0.05) is 36.7 Å². The van der Waals surface area contributed by atoms with Crippen molar-refractivity contribution in [1.82, 2.24) is 0 Å². The number of benzene rings is 1. The maximum atomic E-state index is 9.36. The van der Waals surface area contributed by atoms with Gasteiger partial charge in [-0.3, -0.25) is 0 Å². The lowest BCUT2D eigenvalue weighted by Crippen LogP contribution is -2.23. The molecule has 0 aliphatic heterocycles. The van der Waals surface area contributed by atoms with Crippen LogP contribution in [0.15, 0.2) is 36.9 Å². The Hall–Kier alpha value is -1.77. The zero-order valence-electron chi connectivity index (χ0n) is 10.4. The first-order valence-electron chi connectivity index (χ1n) is 5.78. The molecule has 1 aromatic carbocycles. The molecule has 0 aromatic heterocycles. The lowest BCUT2D eigenvalue weighted by atomic mass is 9.72. The van der Waals surface area contributed by atoms with E-state index >= 15 is 0 Å². The first-order chi connectivity index (χ1) is 8.59. The second-order valence-corrected chi connectivity index (χ2v) is 4.73. The minimum atomic E-state index is -1.01. The highest BCUT2D eigenvalue weighted by Crippen LogP contribution is 2.39. The Kier molecular flexibility index (Phi) is 4.95. The molecule has 3 heteroatoms. The summed E-state index contributed by atoms with van der Waals surface area (Å²) in [6, 6.07) is 11.6. The summed E-state index contributed by atoms with van der Waals surface area (Å²) in [7, 11) is 0. The second kappa shape index (κ2) is 6.24. The van der Waals surface area contributed by atoms with Gasteiger partial charge in [-0.15, -0.1) is 6.58 Å². The van der Waals surface area contributed by atoms with Crippen LogP contribution in [0, 0.1) is 28.1 Å². The molecule has 0 bridgehead atoms. The van der Waals surface area contributed by atoms with E-state index < -0.39 is 5.41 Å². The highest BCUT2D eigenvalue weighted by atomic mass is 35.5. The Bertz CT molecular complexity index is 477. The van der Waals surface area contributed by atoms with E-state index in [4.69, 9.17) is 11.6 Å². The summed E-state index contributed by atoms with van der Waals surface area (Å²) >= 11 is 5.84. The lowest BCUT2D eigenvalue weighted by Gasteiger charge is -2.26. The third kappa shape index (κ3) is 2.92. The van der Waals surface area contributed by atoms with Crippen LogP contribution in [0.4, 0.5) is 0 Å². The van der Waals surface area contributed by atoms with Gasteiger partial charge in [0.15, 0.2) is 5.41 Å². The Morgan fingerprint density at radius 3 is 2.33 bits per heavy atom. The summed E-state index contributed by atoms with van der Waals surface area (Å²) in [5, 5.41) is 19.4. The predicted molar refractivity (Wildman–Crippen MR) is 73.0 cm³/mol. The summed E-state index contributed by atoms with van der Waals surface area (Å²) in [5.41, 5.74) is -0.0614. The van der Waals surface area contributed by atoms with Crippen molar-refractivity contribution in [1.29, 1.82) is 10.5 Å². The smallest absolute Gasteiger partial charge is 0.150 e. The SMILES string of the molecule is C=CCCC(C#N)(C#N)C(C)c1ccc(Cl)cc1. The van der Waals surface area contributed by atoms with E-state index in [1.54, 1.807) is 18.2 Å². The van der Waals surface area contributed by atoms with Crippen LogP contribution in [0.1, 0.15) is 31.2 Å². The zero-order valence-corrected chi connectivity index (χ0v) is 11.1. The minimum Gasteiger partial charge on any atom is -0.197 e. The van der Waals surface area contributed by atoms with Crippen LogP contribution >= 0.6 is 11.6 Å². The molecule has 0 saturated carbocycles. The molecular weight excluding hydrogens is 244 g/mol. The molecule has 1 unspecified atom stereocenters. The molecule has 1 atom stereocenters. The van der Waals surface area contributed by atoms with Gasteiger partial charge >= 0.3 is 0 Å². The molecule has 2 nitrogen and oxygen atoms in total. The van der Waals surface area contributed by atoms with E-state index in [1.165, 1.54) is 0 Å². The topological polar surface area (TPSA) is 47.6 Å². The monoisotopic (exact) mass is 258 g/mol. The van der Waals surface area contributed by atoms with E-state index in [0.717, 1.165) is 5.56 Å². The molecule has 0 fully saturated rings. The predicted octanol–water partition coefficient (Wildman–Crippen LogP) is 4.44. The molecule has 0 aliphatic rings. The summed E-state index contributed by atoms with van der Waals surface area (Å²) in [6.45, 7) is 5.54. The summed E-state index contributed by atoms with van der Waals surface area (Å²) in [5.74, 6) is -0.162. The van der Waals surface area contributed by atoms with Gasteiger partial charge in [0.1, 0.15) is 0 Å². The van der Waals surface area contributed by atoms with E-state index in [9.17, 15) is 10.5 Å². The maximum absolute atomic E-state index is 9.36. The van der Waals surface area contributed by atoms with Gasteiger partial charge in [0.25, 0.3) is 0 Å². The van der Waals surface area contributed by atoms with Crippen molar-refractivity contribution in [3.8, 4) is 12.1 Å². The van der Waals surface area contributed by atoms with E-state index in [1.807, 2.05) is 19.1 Å². The number of hydrogen-bond donors (Lipinski definition) is 0. The molecule has 92 valence electrons. The normalized spacial score (nSPS) is 12.2. The first-order valence-corrected chi connectivity index (χ1v) is 6.16. The van der Waals surface area contributed by atoms with Crippen LogP contribution in [-0.2, 0) is 0 Å². The fourth-order valence-corrected chi connectivity index (χ4v) is 2.04. The molecular formula is C15H15ClN2. The van der Waals surface area contributed by atoms with E-state index in [0.29, 0.717) is 17.9 Å². The van der Waals surface area contributed by atoms with Crippen molar-refractivity contribution >= 4 is 11.6 Å². The lowest BCUT2D eigenvalue weighted by molar-refractivity contribution is 0.405. The van der Waals surface area contributed by atoms with Gasteiger partial charge < -0.3 is 0 Å². The van der Waals surface area contributed by atoms with Gasteiger partial charge in [-0.25, -0.2) is 0 Å². The van der Waals surface area contributed by atoms with Gasteiger partial charge in [-0.2, -0.15) is 10.5 Å². The van der Waals surface area contributed by atoms with Gasteiger partial charge in [0.05, 0.1) is 12.1 Å². The van der Waals surface area contributed by atoms with Crippen molar-refractivity contribution in [3.63, 3.8) is 0 Å². The number of halogens is 1. The first kappa shape index (κ1) is 14.3. The molecule has 0 radical (unpaired) electrons. The van der Waals surface area contributed by atoms with Gasteiger partial charge in [0, 0.05) is 10.9 Å². The van der Waals surface area contributed by atoms with Crippen LogP contribution in [0.5, 0.6) is 0 Å². The Morgan fingerprint density at radius 1 is 1.33 bits per heavy atom. The van der Waals surface area contributed by atoms with Crippen LogP contribution in [-0.4, -0.2) is 0 Å². The number of nitriles is 2. The fraction of sp³-hybridized carbons (Fsp3) is 0.333. The zero-order chi connectivity index (χ0) is 13.6.